The van der Waals surface area contributed by atoms with Gasteiger partial charge in [0.25, 0.3) is 0 Å². The molecule has 0 aliphatic carbocycles. The number of benzene rings is 2. The molecule has 0 amide bonds. The molecular formula is C36H20Cl4S6. The number of rotatable bonds is 6. The van der Waals surface area contributed by atoms with E-state index < -0.39 is 0 Å². The van der Waals surface area contributed by atoms with Crippen LogP contribution in [0.5, 0.6) is 0 Å². The predicted octanol–water partition coefficient (Wildman–Crippen LogP) is 16.4. The summed E-state index contributed by atoms with van der Waals surface area (Å²) in [6.07, 6.45) is 8.20. The molecule has 10 heteroatoms. The minimum atomic E-state index is 0.657. The topological polar surface area (TPSA) is 0 Å². The van der Waals surface area contributed by atoms with Crippen LogP contribution in [0.25, 0.3) is 72.0 Å². The van der Waals surface area contributed by atoms with Gasteiger partial charge in [-0.25, -0.2) is 0 Å². The zero-order valence-electron chi connectivity index (χ0n) is 24.0. The van der Waals surface area contributed by atoms with Crippen molar-refractivity contribution in [1.82, 2.24) is 0 Å². The highest BCUT2D eigenvalue weighted by Gasteiger charge is 2.23. The van der Waals surface area contributed by atoms with Gasteiger partial charge in [-0.2, -0.15) is 0 Å². The van der Waals surface area contributed by atoms with Crippen molar-refractivity contribution in [2.24, 2.45) is 0 Å². The first-order chi connectivity index (χ1) is 22.3. The molecule has 46 heavy (non-hydrogen) atoms. The van der Waals surface area contributed by atoms with Gasteiger partial charge in [-0.1, -0.05) is 70.7 Å². The molecule has 0 bridgehead atoms. The van der Waals surface area contributed by atoms with Gasteiger partial charge in [-0.15, -0.1) is 68.0 Å². The van der Waals surface area contributed by atoms with Crippen LogP contribution in [0.3, 0.4) is 0 Å². The fourth-order valence-electron chi connectivity index (χ4n) is 5.41. The third-order valence-corrected chi connectivity index (χ3v) is 17.4. The fraction of sp³-hybridized carbons (Fsp3) is 0.0556. The molecule has 6 heterocycles. The maximum absolute atomic E-state index is 6.37. The SMILES string of the molecule is Cc1c(-c2ccc(/C=C/c3c(Cl)cccc3Cl)s2)sc2c1sc1c3sc(-c4ccc(/C=C/c5c(Cl)cccc5Cl)s4)c(C)c3sc21. The molecule has 2 aromatic carbocycles. The number of hydrogen-bond acceptors (Lipinski definition) is 6. The van der Waals surface area contributed by atoms with Crippen LogP contribution in [0.15, 0.2) is 60.7 Å². The Morgan fingerprint density at radius 2 is 0.783 bits per heavy atom. The maximum atomic E-state index is 6.37. The van der Waals surface area contributed by atoms with Crippen LogP contribution >= 0.6 is 114 Å². The number of thiophene rings is 6. The molecule has 8 rings (SSSR count). The standard InChI is InChI=1S/C36H20Cl4S6/c1-17-29(27-15-11-19(41-27)9-13-21-23(37)5-3-6-24(21)38)43-33-31(17)45-36-34-32(46-35(33)36)18(2)30(44-34)28-16-12-20(42-28)10-14-22-25(39)7-4-8-26(22)40/h3-16H,1-2H3/b13-9+,14-10+. The summed E-state index contributed by atoms with van der Waals surface area (Å²) in [5.74, 6) is 0. The maximum Gasteiger partial charge on any atom is 0.0651 e. The largest absolute Gasteiger partial charge is 0.135 e. The van der Waals surface area contributed by atoms with Gasteiger partial charge in [0.1, 0.15) is 0 Å². The molecule has 0 radical (unpaired) electrons. The van der Waals surface area contributed by atoms with E-state index in [0.29, 0.717) is 20.1 Å². The van der Waals surface area contributed by atoms with E-state index in [4.69, 9.17) is 46.4 Å². The van der Waals surface area contributed by atoms with Crippen LogP contribution in [0.1, 0.15) is 32.0 Å². The van der Waals surface area contributed by atoms with E-state index in [1.807, 2.05) is 93.9 Å². The number of fused-ring (bicyclic) bond motifs is 5. The molecule has 0 aliphatic heterocycles. The lowest BCUT2D eigenvalue weighted by molar-refractivity contribution is 1.62. The van der Waals surface area contributed by atoms with Crippen molar-refractivity contribution in [3.63, 3.8) is 0 Å². The van der Waals surface area contributed by atoms with Crippen LogP contribution in [0, 0.1) is 13.8 Å². The van der Waals surface area contributed by atoms with Crippen LogP contribution in [-0.2, 0) is 0 Å². The Labute approximate surface area is 310 Å². The van der Waals surface area contributed by atoms with Crippen molar-refractivity contribution in [3.05, 3.63) is 113 Å². The lowest BCUT2D eigenvalue weighted by Gasteiger charge is -2.00. The summed E-state index contributed by atoms with van der Waals surface area (Å²) in [5, 5.41) is 2.63. The summed E-state index contributed by atoms with van der Waals surface area (Å²) < 4.78 is 8.49. The molecule has 228 valence electrons. The zero-order valence-corrected chi connectivity index (χ0v) is 32.0. The third-order valence-electron chi connectivity index (χ3n) is 7.74. The summed E-state index contributed by atoms with van der Waals surface area (Å²) >= 11 is 36.8. The van der Waals surface area contributed by atoms with Crippen LogP contribution in [-0.4, -0.2) is 0 Å². The first-order valence-electron chi connectivity index (χ1n) is 14.1. The van der Waals surface area contributed by atoms with Gasteiger partial charge in [-0.05, 0) is 85.7 Å². The second-order valence-corrected chi connectivity index (χ2v) is 18.6. The Balaban J connectivity index is 1.10. The highest BCUT2D eigenvalue weighted by atomic mass is 35.5. The first-order valence-corrected chi connectivity index (χ1v) is 20.5. The lowest BCUT2D eigenvalue weighted by atomic mass is 10.2. The van der Waals surface area contributed by atoms with Crippen molar-refractivity contribution < 1.29 is 0 Å². The monoisotopic (exact) mass is 784 g/mol. The van der Waals surface area contributed by atoms with Crippen molar-refractivity contribution in [2.45, 2.75) is 13.8 Å². The second-order valence-electron chi connectivity index (χ2n) is 10.6. The molecule has 0 spiro atoms. The van der Waals surface area contributed by atoms with E-state index in [9.17, 15) is 0 Å². The Bertz CT molecular complexity index is 2290. The molecule has 0 aliphatic rings. The minimum Gasteiger partial charge on any atom is -0.135 e. The molecule has 8 aromatic rings. The van der Waals surface area contributed by atoms with Crippen molar-refractivity contribution in [1.29, 1.82) is 0 Å². The van der Waals surface area contributed by atoms with Crippen molar-refractivity contribution in [2.75, 3.05) is 0 Å². The quantitative estimate of drug-likeness (QED) is 0.157. The Morgan fingerprint density at radius 3 is 1.17 bits per heavy atom. The van der Waals surface area contributed by atoms with E-state index in [2.05, 4.69) is 50.3 Å². The Kier molecular flexibility index (Phi) is 8.52. The average Bonchev–Trinajstić information content (AvgIpc) is 3.86. The van der Waals surface area contributed by atoms with Crippen LogP contribution in [0.2, 0.25) is 20.1 Å². The number of aryl methyl sites for hydroxylation is 2. The van der Waals surface area contributed by atoms with Gasteiger partial charge in [0.2, 0.25) is 0 Å². The Morgan fingerprint density at radius 1 is 0.413 bits per heavy atom. The molecule has 0 saturated carbocycles. The van der Waals surface area contributed by atoms with Gasteiger partial charge in [0, 0.05) is 60.5 Å². The van der Waals surface area contributed by atoms with Gasteiger partial charge in [0.05, 0.1) is 28.2 Å². The molecular weight excluding hydrogens is 767 g/mol. The third kappa shape index (κ3) is 5.45. The molecule has 6 aromatic heterocycles. The van der Waals surface area contributed by atoms with Crippen molar-refractivity contribution >= 4 is 167 Å². The number of hydrogen-bond donors (Lipinski definition) is 0. The van der Waals surface area contributed by atoms with Gasteiger partial charge in [0.15, 0.2) is 0 Å². The van der Waals surface area contributed by atoms with Crippen LogP contribution < -0.4 is 0 Å². The summed E-state index contributed by atoms with van der Waals surface area (Å²) in [4.78, 5) is 7.64. The first kappa shape index (κ1) is 31.3. The highest BCUT2D eigenvalue weighted by Crippen LogP contribution is 2.55. The number of halogens is 4. The van der Waals surface area contributed by atoms with E-state index in [1.165, 1.54) is 68.6 Å². The lowest BCUT2D eigenvalue weighted by Crippen LogP contribution is -1.76. The van der Waals surface area contributed by atoms with E-state index in [1.54, 1.807) is 22.7 Å². The second kappa shape index (κ2) is 12.5. The summed E-state index contributed by atoms with van der Waals surface area (Å²) in [6.45, 7) is 4.54. The predicted molar refractivity (Wildman–Crippen MR) is 217 cm³/mol. The smallest absolute Gasteiger partial charge is 0.0651 e. The molecule has 0 atom stereocenters. The molecule has 0 N–H and O–H groups in total. The molecule has 0 unspecified atom stereocenters. The summed E-state index contributed by atoms with van der Waals surface area (Å²) in [6, 6.07) is 20.0. The van der Waals surface area contributed by atoms with Crippen molar-refractivity contribution in [3.8, 4) is 19.5 Å². The zero-order chi connectivity index (χ0) is 31.7. The average molecular weight is 787 g/mol. The summed E-state index contributed by atoms with van der Waals surface area (Å²) in [5.41, 5.74) is 4.44. The fourth-order valence-corrected chi connectivity index (χ4v) is 14.6. The van der Waals surface area contributed by atoms with Gasteiger partial charge in [-0.3, -0.25) is 0 Å². The van der Waals surface area contributed by atoms with Gasteiger partial charge < -0.3 is 0 Å². The van der Waals surface area contributed by atoms with Gasteiger partial charge >= 0.3 is 0 Å². The molecule has 0 nitrogen and oxygen atoms in total. The molecule has 0 fully saturated rings. The summed E-state index contributed by atoms with van der Waals surface area (Å²) in [7, 11) is 0. The van der Waals surface area contributed by atoms with E-state index in [0.717, 1.165) is 11.1 Å². The minimum absolute atomic E-state index is 0.657. The van der Waals surface area contributed by atoms with E-state index in [-0.39, 0.29) is 0 Å². The van der Waals surface area contributed by atoms with E-state index >= 15 is 0 Å². The Hall–Kier alpha value is -1.94. The normalized spacial score (nSPS) is 12.4. The van der Waals surface area contributed by atoms with Crippen LogP contribution in [0.4, 0.5) is 0 Å². The highest BCUT2D eigenvalue weighted by molar-refractivity contribution is 7.46. The molecule has 0 saturated heterocycles.